The van der Waals surface area contributed by atoms with Crippen molar-refractivity contribution in [2.45, 2.75) is 26.9 Å². The van der Waals surface area contributed by atoms with E-state index in [2.05, 4.69) is 0 Å². The number of carbonyl (C=O) groups is 3. The van der Waals surface area contributed by atoms with Crippen molar-refractivity contribution in [2.75, 3.05) is 13.1 Å². The van der Waals surface area contributed by atoms with Crippen molar-refractivity contribution in [1.82, 2.24) is 4.90 Å². The molecule has 0 radical (unpaired) electrons. The molecular weight excluding hydrogens is 314 g/mol. The summed E-state index contributed by atoms with van der Waals surface area (Å²) in [5.74, 6) is -2.26. The molecular formula is C17H21NO6. The Morgan fingerprint density at radius 1 is 1.04 bits per heavy atom. The number of hydrogen-bond acceptors (Lipinski definition) is 4. The predicted molar refractivity (Wildman–Crippen MR) is 84.3 cm³/mol. The van der Waals surface area contributed by atoms with Gasteiger partial charge in [-0.2, -0.15) is 0 Å². The van der Waals surface area contributed by atoms with Crippen LogP contribution in [0.25, 0.3) is 0 Å². The first-order chi connectivity index (χ1) is 11.2. The average molecular weight is 335 g/mol. The van der Waals surface area contributed by atoms with E-state index >= 15 is 0 Å². The van der Waals surface area contributed by atoms with Crippen LogP contribution >= 0.6 is 0 Å². The second-order valence-corrected chi connectivity index (χ2v) is 6.80. The summed E-state index contributed by atoms with van der Waals surface area (Å²) in [7, 11) is 0. The average Bonchev–Trinajstić information content (AvgIpc) is 2.52. The molecule has 1 aromatic rings. The topological polar surface area (TPSA) is 104 Å². The lowest BCUT2D eigenvalue weighted by molar-refractivity contribution is -0.163. The normalized spacial score (nSPS) is 26.7. The molecule has 1 aliphatic heterocycles. The fraction of sp³-hybridized carbons (Fsp3) is 0.471. The lowest BCUT2D eigenvalue weighted by atomic mass is 9.69. The molecule has 24 heavy (non-hydrogen) atoms. The molecule has 7 nitrogen and oxygen atoms in total. The summed E-state index contributed by atoms with van der Waals surface area (Å²) in [4.78, 5) is 36.6. The first-order valence-corrected chi connectivity index (χ1v) is 7.59. The SMILES string of the molecule is CC1(C(=O)O)CN(C(=O)OCc2ccccc2)CC(C)(C(=O)O)C1. The second-order valence-electron chi connectivity index (χ2n) is 6.80. The van der Waals surface area contributed by atoms with E-state index in [0.717, 1.165) is 5.56 Å². The maximum Gasteiger partial charge on any atom is 0.410 e. The van der Waals surface area contributed by atoms with Gasteiger partial charge in [-0.1, -0.05) is 30.3 Å². The molecule has 1 aliphatic rings. The van der Waals surface area contributed by atoms with E-state index in [1.165, 1.54) is 18.7 Å². The van der Waals surface area contributed by atoms with Gasteiger partial charge in [-0.05, 0) is 25.8 Å². The monoisotopic (exact) mass is 335 g/mol. The third-order valence-electron chi connectivity index (χ3n) is 4.36. The number of nitrogens with zero attached hydrogens (tertiary/aromatic N) is 1. The Labute approximate surface area is 139 Å². The highest BCUT2D eigenvalue weighted by Crippen LogP contribution is 2.41. The molecule has 1 saturated heterocycles. The van der Waals surface area contributed by atoms with Crippen LogP contribution in [0.3, 0.4) is 0 Å². The Morgan fingerprint density at radius 3 is 2.00 bits per heavy atom. The quantitative estimate of drug-likeness (QED) is 0.874. The molecule has 2 atom stereocenters. The Balaban J connectivity index is 2.13. The number of carboxylic acids is 2. The number of ether oxygens (including phenoxy) is 1. The van der Waals surface area contributed by atoms with Crippen LogP contribution in [0.5, 0.6) is 0 Å². The lowest BCUT2D eigenvalue weighted by Crippen LogP contribution is -2.57. The van der Waals surface area contributed by atoms with Crippen LogP contribution < -0.4 is 0 Å². The summed E-state index contributed by atoms with van der Waals surface area (Å²) in [6.45, 7) is 2.78. The standard InChI is InChI=1S/C17H21NO6/c1-16(13(19)20)9-17(2,14(21)22)11-18(10-16)15(23)24-8-12-6-4-3-5-7-12/h3-7H,8-11H2,1-2H3,(H,19,20)(H,21,22). The van der Waals surface area contributed by atoms with E-state index < -0.39 is 28.9 Å². The Hall–Kier alpha value is -2.57. The zero-order valence-electron chi connectivity index (χ0n) is 13.7. The largest absolute Gasteiger partial charge is 0.481 e. The Morgan fingerprint density at radius 2 is 1.54 bits per heavy atom. The zero-order valence-corrected chi connectivity index (χ0v) is 13.7. The van der Waals surface area contributed by atoms with Gasteiger partial charge in [0.2, 0.25) is 0 Å². The van der Waals surface area contributed by atoms with Crippen molar-refractivity contribution < 1.29 is 29.3 Å². The van der Waals surface area contributed by atoms with Gasteiger partial charge in [0.1, 0.15) is 6.61 Å². The highest BCUT2D eigenvalue weighted by Gasteiger charge is 2.52. The minimum atomic E-state index is -1.34. The maximum absolute atomic E-state index is 12.3. The highest BCUT2D eigenvalue weighted by molar-refractivity contribution is 5.81. The van der Waals surface area contributed by atoms with Gasteiger partial charge in [-0.3, -0.25) is 9.59 Å². The molecule has 0 spiro atoms. The van der Waals surface area contributed by atoms with Crippen LogP contribution in [-0.4, -0.2) is 46.2 Å². The van der Waals surface area contributed by atoms with Gasteiger partial charge in [0.05, 0.1) is 10.8 Å². The molecule has 1 heterocycles. The Kier molecular flexibility index (Phi) is 4.82. The van der Waals surface area contributed by atoms with E-state index in [0.29, 0.717) is 0 Å². The molecule has 130 valence electrons. The van der Waals surface area contributed by atoms with Gasteiger partial charge in [-0.25, -0.2) is 4.79 Å². The zero-order chi connectivity index (χ0) is 18.0. The summed E-state index contributed by atoms with van der Waals surface area (Å²) < 4.78 is 5.21. The van der Waals surface area contributed by atoms with E-state index in [1.807, 2.05) is 18.2 Å². The van der Waals surface area contributed by atoms with Crippen LogP contribution in [0.15, 0.2) is 30.3 Å². The summed E-state index contributed by atoms with van der Waals surface area (Å²) in [5.41, 5.74) is -1.88. The summed E-state index contributed by atoms with van der Waals surface area (Å²) in [5, 5.41) is 18.9. The van der Waals surface area contributed by atoms with Gasteiger partial charge >= 0.3 is 18.0 Å². The molecule has 0 bridgehead atoms. The van der Waals surface area contributed by atoms with Crippen molar-refractivity contribution in [3.63, 3.8) is 0 Å². The van der Waals surface area contributed by atoms with E-state index in [4.69, 9.17) is 4.74 Å². The van der Waals surface area contributed by atoms with E-state index in [-0.39, 0.29) is 26.1 Å². The van der Waals surface area contributed by atoms with Gasteiger partial charge < -0.3 is 19.8 Å². The third kappa shape index (κ3) is 3.67. The van der Waals surface area contributed by atoms with Gasteiger partial charge in [0.25, 0.3) is 0 Å². The highest BCUT2D eigenvalue weighted by atomic mass is 16.6. The van der Waals surface area contributed by atoms with E-state index in [1.54, 1.807) is 12.1 Å². The maximum atomic E-state index is 12.3. The molecule has 0 aliphatic carbocycles. The fourth-order valence-electron chi connectivity index (χ4n) is 3.10. The van der Waals surface area contributed by atoms with Crippen LogP contribution in [0.1, 0.15) is 25.8 Å². The van der Waals surface area contributed by atoms with Gasteiger partial charge in [0, 0.05) is 13.1 Å². The van der Waals surface area contributed by atoms with Gasteiger partial charge in [0.15, 0.2) is 0 Å². The summed E-state index contributed by atoms with van der Waals surface area (Å²) >= 11 is 0. The number of benzene rings is 1. The second kappa shape index (κ2) is 6.51. The number of amides is 1. The van der Waals surface area contributed by atoms with Crippen molar-refractivity contribution in [1.29, 1.82) is 0 Å². The van der Waals surface area contributed by atoms with Crippen molar-refractivity contribution in [2.24, 2.45) is 10.8 Å². The van der Waals surface area contributed by atoms with Crippen molar-refractivity contribution in [3.05, 3.63) is 35.9 Å². The number of likely N-dealkylation sites (tertiary alicyclic amines) is 1. The van der Waals surface area contributed by atoms with Gasteiger partial charge in [-0.15, -0.1) is 0 Å². The smallest absolute Gasteiger partial charge is 0.410 e. The molecule has 0 aromatic heterocycles. The molecule has 2 rings (SSSR count). The van der Waals surface area contributed by atoms with Crippen LogP contribution in [0.4, 0.5) is 4.79 Å². The third-order valence-corrected chi connectivity index (χ3v) is 4.36. The molecule has 7 heteroatoms. The minimum Gasteiger partial charge on any atom is -0.481 e. The van der Waals surface area contributed by atoms with Crippen LogP contribution in [0, 0.1) is 10.8 Å². The molecule has 2 unspecified atom stereocenters. The van der Waals surface area contributed by atoms with E-state index in [9.17, 15) is 24.6 Å². The molecule has 1 aromatic carbocycles. The van der Waals surface area contributed by atoms with Crippen molar-refractivity contribution in [3.8, 4) is 0 Å². The van der Waals surface area contributed by atoms with Crippen molar-refractivity contribution >= 4 is 18.0 Å². The summed E-state index contributed by atoms with van der Waals surface area (Å²) in [6.07, 6.45) is -0.758. The number of rotatable bonds is 4. The molecule has 0 saturated carbocycles. The Bertz CT molecular complexity index is 618. The number of aliphatic carboxylic acids is 2. The summed E-state index contributed by atoms with van der Waals surface area (Å²) in [6, 6.07) is 9.06. The number of piperidine rings is 1. The number of carbonyl (C=O) groups excluding carboxylic acids is 1. The fourth-order valence-corrected chi connectivity index (χ4v) is 3.10. The van der Waals surface area contributed by atoms with Crippen LogP contribution in [0.2, 0.25) is 0 Å². The molecule has 1 amide bonds. The predicted octanol–water partition coefficient (Wildman–Crippen LogP) is 2.21. The molecule has 2 N–H and O–H groups in total. The van der Waals surface area contributed by atoms with Crippen LogP contribution in [-0.2, 0) is 20.9 Å². The first kappa shape index (κ1) is 17.8. The number of hydrogen-bond donors (Lipinski definition) is 2. The number of carboxylic acid groups (broad SMARTS) is 2. The lowest BCUT2D eigenvalue weighted by Gasteiger charge is -2.44. The molecule has 1 fully saturated rings. The first-order valence-electron chi connectivity index (χ1n) is 7.59. The minimum absolute atomic E-state index is 0.0454.